The van der Waals surface area contributed by atoms with E-state index in [1.807, 2.05) is 12.1 Å². The standard InChI is InChI=1S/C15H27NO2Si/c1-3-5-11-17-19(18-12-6-4-2)13-14-7-9-15(16)10-8-14/h7-10,19H,3-6,11-13,16H2,1-2H3. The van der Waals surface area contributed by atoms with Gasteiger partial charge in [-0.2, -0.15) is 0 Å². The van der Waals surface area contributed by atoms with Crippen LogP contribution in [0.3, 0.4) is 0 Å². The van der Waals surface area contributed by atoms with Gasteiger partial charge in [-0.15, -0.1) is 0 Å². The summed E-state index contributed by atoms with van der Waals surface area (Å²) < 4.78 is 11.9. The van der Waals surface area contributed by atoms with Gasteiger partial charge in [0.1, 0.15) is 0 Å². The highest BCUT2D eigenvalue weighted by Crippen LogP contribution is 2.09. The molecular weight excluding hydrogens is 254 g/mol. The van der Waals surface area contributed by atoms with Gasteiger partial charge in [-0.1, -0.05) is 38.8 Å². The highest BCUT2D eigenvalue weighted by Gasteiger charge is 2.14. The number of hydrogen-bond donors (Lipinski definition) is 1. The van der Waals surface area contributed by atoms with Crippen molar-refractivity contribution >= 4 is 15.0 Å². The summed E-state index contributed by atoms with van der Waals surface area (Å²) in [5, 5.41) is 0. The van der Waals surface area contributed by atoms with E-state index in [1.54, 1.807) is 0 Å². The number of nitrogens with two attached hydrogens (primary N) is 1. The molecule has 1 aromatic carbocycles. The summed E-state index contributed by atoms with van der Waals surface area (Å²) in [4.78, 5) is 0. The topological polar surface area (TPSA) is 44.5 Å². The van der Waals surface area contributed by atoms with E-state index in [4.69, 9.17) is 14.6 Å². The molecule has 0 saturated carbocycles. The molecule has 0 spiro atoms. The minimum atomic E-state index is -1.58. The van der Waals surface area contributed by atoms with E-state index in [9.17, 15) is 0 Å². The molecule has 0 heterocycles. The van der Waals surface area contributed by atoms with Crippen LogP contribution in [0.25, 0.3) is 0 Å². The van der Waals surface area contributed by atoms with Crippen molar-refractivity contribution in [3.05, 3.63) is 29.8 Å². The highest BCUT2D eigenvalue weighted by molar-refractivity contribution is 6.43. The Bertz CT molecular complexity index is 319. The van der Waals surface area contributed by atoms with E-state index in [0.717, 1.165) is 50.6 Å². The predicted octanol–water partition coefficient (Wildman–Crippen LogP) is 3.20. The zero-order valence-electron chi connectivity index (χ0n) is 12.2. The van der Waals surface area contributed by atoms with E-state index in [-0.39, 0.29) is 0 Å². The number of benzene rings is 1. The van der Waals surface area contributed by atoms with Crippen LogP contribution in [-0.4, -0.2) is 22.5 Å². The average Bonchev–Trinajstić information content (AvgIpc) is 2.41. The van der Waals surface area contributed by atoms with Gasteiger partial charge in [-0.05, 0) is 30.5 Å². The van der Waals surface area contributed by atoms with Crippen molar-refractivity contribution in [3.8, 4) is 0 Å². The fraction of sp³-hybridized carbons (Fsp3) is 0.600. The Balaban J connectivity index is 2.44. The van der Waals surface area contributed by atoms with Crippen molar-refractivity contribution < 1.29 is 8.85 Å². The van der Waals surface area contributed by atoms with E-state index in [1.165, 1.54) is 5.56 Å². The monoisotopic (exact) mass is 281 g/mol. The first kappa shape index (κ1) is 16.2. The zero-order chi connectivity index (χ0) is 13.9. The molecule has 0 aliphatic rings. The molecule has 0 aromatic heterocycles. The third-order valence-electron chi connectivity index (χ3n) is 2.99. The molecule has 0 bridgehead atoms. The van der Waals surface area contributed by atoms with Gasteiger partial charge in [0.05, 0.1) is 0 Å². The van der Waals surface area contributed by atoms with Gasteiger partial charge in [0.15, 0.2) is 0 Å². The fourth-order valence-electron chi connectivity index (χ4n) is 1.73. The van der Waals surface area contributed by atoms with Crippen LogP contribution in [0.2, 0.25) is 0 Å². The van der Waals surface area contributed by atoms with Gasteiger partial charge >= 0.3 is 9.28 Å². The molecule has 1 aromatic rings. The SMILES string of the molecule is CCCCO[SiH](Cc1ccc(N)cc1)OCCCC. The molecule has 0 radical (unpaired) electrons. The summed E-state index contributed by atoms with van der Waals surface area (Å²) in [5.74, 6) is 0. The highest BCUT2D eigenvalue weighted by atomic mass is 28.3. The number of anilines is 1. The summed E-state index contributed by atoms with van der Waals surface area (Å²) in [7, 11) is -1.58. The largest absolute Gasteiger partial charge is 0.399 e. The van der Waals surface area contributed by atoms with Crippen LogP contribution in [0.5, 0.6) is 0 Å². The Morgan fingerprint density at radius 2 is 1.47 bits per heavy atom. The Kier molecular flexibility index (Phi) is 8.54. The summed E-state index contributed by atoms with van der Waals surface area (Å²) >= 11 is 0. The normalized spacial score (nSPS) is 11.1. The van der Waals surface area contributed by atoms with Crippen molar-refractivity contribution in [1.82, 2.24) is 0 Å². The molecule has 0 aliphatic heterocycles. The average molecular weight is 281 g/mol. The molecule has 19 heavy (non-hydrogen) atoms. The maximum atomic E-state index is 5.95. The maximum Gasteiger partial charge on any atom is 0.325 e. The first-order chi connectivity index (χ1) is 9.26. The molecule has 0 saturated heterocycles. The predicted molar refractivity (Wildman–Crippen MR) is 83.4 cm³/mol. The smallest absolute Gasteiger partial charge is 0.325 e. The first-order valence-corrected chi connectivity index (χ1v) is 9.09. The molecule has 0 atom stereocenters. The second kappa shape index (κ2) is 10.0. The quantitative estimate of drug-likeness (QED) is 0.407. The molecule has 0 unspecified atom stereocenters. The molecule has 108 valence electrons. The van der Waals surface area contributed by atoms with Gasteiger partial charge in [-0.3, -0.25) is 0 Å². The second-order valence-corrected chi connectivity index (χ2v) is 6.76. The molecule has 2 N–H and O–H groups in total. The lowest BCUT2D eigenvalue weighted by Gasteiger charge is -2.17. The third-order valence-corrected chi connectivity index (χ3v) is 5.01. The lowest BCUT2D eigenvalue weighted by atomic mass is 10.2. The summed E-state index contributed by atoms with van der Waals surface area (Å²) in [6, 6.07) is 8.95. The molecule has 0 amide bonds. The van der Waals surface area contributed by atoms with Crippen molar-refractivity contribution in [3.63, 3.8) is 0 Å². The second-order valence-electron chi connectivity index (χ2n) is 4.82. The molecule has 3 nitrogen and oxygen atoms in total. The number of rotatable bonds is 10. The van der Waals surface area contributed by atoms with Crippen LogP contribution in [0.15, 0.2) is 24.3 Å². The molecule has 0 fully saturated rings. The Hall–Kier alpha value is -0.843. The summed E-state index contributed by atoms with van der Waals surface area (Å²) in [6.45, 7) is 6.01. The van der Waals surface area contributed by atoms with E-state index < -0.39 is 9.28 Å². The van der Waals surface area contributed by atoms with Crippen molar-refractivity contribution in [2.45, 2.75) is 45.6 Å². The van der Waals surface area contributed by atoms with Crippen LogP contribution in [0.4, 0.5) is 5.69 Å². The maximum absolute atomic E-state index is 5.95. The van der Waals surface area contributed by atoms with Crippen LogP contribution in [0, 0.1) is 0 Å². The zero-order valence-corrected chi connectivity index (χ0v) is 13.4. The van der Waals surface area contributed by atoms with Crippen LogP contribution in [0.1, 0.15) is 45.1 Å². The summed E-state index contributed by atoms with van der Waals surface area (Å²) in [5.41, 5.74) is 7.77. The van der Waals surface area contributed by atoms with Gasteiger partial charge < -0.3 is 14.6 Å². The number of nitrogen functional groups attached to an aromatic ring is 1. The van der Waals surface area contributed by atoms with Crippen LogP contribution in [-0.2, 0) is 14.9 Å². The van der Waals surface area contributed by atoms with Crippen molar-refractivity contribution in [2.24, 2.45) is 0 Å². The van der Waals surface area contributed by atoms with E-state index in [2.05, 4.69) is 26.0 Å². The Morgan fingerprint density at radius 3 is 1.95 bits per heavy atom. The lowest BCUT2D eigenvalue weighted by Crippen LogP contribution is -2.27. The van der Waals surface area contributed by atoms with Gasteiger partial charge in [0.25, 0.3) is 0 Å². The van der Waals surface area contributed by atoms with Crippen molar-refractivity contribution in [1.29, 1.82) is 0 Å². The van der Waals surface area contributed by atoms with Crippen LogP contribution < -0.4 is 5.73 Å². The number of hydrogen-bond acceptors (Lipinski definition) is 3. The lowest BCUT2D eigenvalue weighted by molar-refractivity contribution is 0.191. The minimum absolute atomic E-state index is 0.806. The van der Waals surface area contributed by atoms with E-state index in [0.29, 0.717) is 0 Å². The molecule has 4 heteroatoms. The van der Waals surface area contributed by atoms with E-state index >= 15 is 0 Å². The van der Waals surface area contributed by atoms with Gasteiger partial charge in [0, 0.05) is 24.9 Å². The van der Waals surface area contributed by atoms with Gasteiger partial charge in [0.2, 0.25) is 0 Å². The van der Waals surface area contributed by atoms with Crippen LogP contribution >= 0.6 is 0 Å². The Labute approximate surface area is 119 Å². The minimum Gasteiger partial charge on any atom is -0.399 e. The third kappa shape index (κ3) is 7.35. The van der Waals surface area contributed by atoms with Crippen molar-refractivity contribution in [2.75, 3.05) is 18.9 Å². The number of unbranched alkanes of at least 4 members (excludes halogenated alkanes) is 2. The molecule has 1 rings (SSSR count). The fourth-order valence-corrected chi connectivity index (χ4v) is 3.58. The first-order valence-electron chi connectivity index (χ1n) is 7.33. The Morgan fingerprint density at radius 1 is 0.947 bits per heavy atom. The molecule has 0 aliphatic carbocycles. The summed E-state index contributed by atoms with van der Waals surface area (Å²) in [6.07, 6.45) is 4.56. The van der Waals surface area contributed by atoms with Gasteiger partial charge in [-0.25, -0.2) is 0 Å². The molecular formula is C15H27NO2Si.